The third-order valence-electron chi connectivity index (χ3n) is 4.24. The van der Waals surface area contributed by atoms with E-state index in [0.717, 1.165) is 23.5 Å². The van der Waals surface area contributed by atoms with Crippen molar-refractivity contribution in [2.75, 3.05) is 13.2 Å². The van der Waals surface area contributed by atoms with Gasteiger partial charge in [0.05, 0.1) is 0 Å². The number of hydrogen-bond donors (Lipinski definition) is 1. The van der Waals surface area contributed by atoms with Crippen LogP contribution in [0, 0.1) is 0 Å². The van der Waals surface area contributed by atoms with Gasteiger partial charge < -0.3 is 14.8 Å². The molecule has 1 amide bonds. The van der Waals surface area contributed by atoms with Crippen molar-refractivity contribution in [3.63, 3.8) is 0 Å². The summed E-state index contributed by atoms with van der Waals surface area (Å²) >= 11 is 0. The van der Waals surface area contributed by atoms with E-state index in [-0.39, 0.29) is 17.4 Å². The standard InChI is InChI=1S/C15H19NO3/c1-3-13-15(2,9-14(17)16-13)10-4-5-11-12(8-10)19-7-6-18-11/h4-5,8,13H,3,6-7,9H2,1-2H3,(H,16,17). The molecule has 1 fully saturated rings. The molecule has 2 aliphatic rings. The van der Waals surface area contributed by atoms with Gasteiger partial charge in [-0.25, -0.2) is 0 Å². The van der Waals surface area contributed by atoms with Crippen molar-refractivity contribution in [2.24, 2.45) is 0 Å². The first-order chi connectivity index (χ1) is 9.13. The smallest absolute Gasteiger partial charge is 0.221 e. The topological polar surface area (TPSA) is 47.6 Å². The normalized spacial score (nSPS) is 29.2. The summed E-state index contributed by atoms with van der Waals surface area (Å²) in [4.78, 5) is 11.7. The summed E-state index contributed by atoms with van der Waals surface area (Å²) in [5.74, 6) is 1.72. The van der Waals surface area contributed by atoms with Crippen molar-refractivity contribution in [3.8, 4) is 11.5 Å². The molecule has 2 aliphatic heterocycles. The first-order valence-electron chi connectivity index (χ1n) is 6.83. The number of fused-ring (bicyclic) bond motifs is 1. The van der Waals surface area contributed by atoms with Crippen molar-refractivity contribution in [1.82, 2.24) is 5.32 Å². The maximum Gasteiger partial charge on any atom is 0.221 e. The molecule has 19 heavy (non-hydrogen) atoms. The lowest BCUT2D eigenvalue weighted by atomic mass is 9.75. The van der Waals surface area contributed by atoms with E-state index in [1.54, 1.807) is 0 Å². The molecule has 2 heterocycles. The minimum atomic E-state index is -0.165. The van der Waals surface area contributed by atoms with Crippen LogP contribution in [-0.4, -0.2) is 25.2 Å². The van der Waals surface area contributed by atoms with Crippen LogP contribution in [0.2, 0.25) is 0 Å². The summed E-state index contributed by atoms with van der Waals surface area (Å²) in [7, 11) is 0. The lowest BCUT2D eigenvalue weighted by Gasteiger charge is -2.31. The third-order valence-corrected chi connectivity index (χ3v) is 4.24. The summed E-state index contributed by atoms with van der Waals surface area (Å²) in [5, 5.41) is 3.06. The molecule has 3 rings (SSSR count). The second kappa shape index (κ2) is 4.44. The fourth-order valence-corrected chi connectivity index (χ4v) is 3.12. The second-order valence-electron chi connectivity index (χ2n) is 5.48. The van der Waals surface area contributed by atoms with Gasteiger partial charge in [0.2, 0.25) is 5.91 Å². The van der Waals surface area contributed by atoms with Gasteiger partial charge in [0, 0.05) is 17.9 Å². The number of carbonyl (C=O) groups is 1. The zero-order valence-corrected chi connectivity index (χ0v) is 11.4. The van der Waals surface area contributed by atoms with E-state index in [9.17, 15) is 4.79 Å². The monoisotopic (exact) mass is 261 g/mol. The van der Waals surface area contributed by atoms with E-state index in [1.165, 1.54) is 0 Å². The number of hydrogen-bond acceptors (Lipinski definition) is 3. The van der Waals surface area contributed by atoms with Crippen LogP contribution in [0.3, 0.4) is 0 Å². The van der Waals surface area contributed by atoms with Gasteiger partial charge in [0.25, 0.3) is 0 Å². The summed E-state index contributed by atoms with van der Waals surface area (Å²) in [6, 6.07) is 6.21. The van der Waals surface area contributed by atoms with Crippen molar-refractivity contribution < 1.29 is 14.3 Å². The van der Waals surface area contributed by atoms with Crippen LogP contribution in [0.5, 0.6) is 11.5 Å². The summed E-state index contributed by atoms with van der Waals surface area (Å²) < 4.78 is 11.2. The Bertz CT molecular complexity index is 514. The van der Waals surface area contributed by atoms with E-state index < -0.39 is 0 Å². The van der Waals surface area contributed by atoms with Crippen LogP contribution in [0.15, 0.2) is 18.2 Å². The van der Waals surface area contributed by atoms with Crippen LogP contribution < -0.4 is 14.8 Å². The summed E-state index contributed by atoms with van der Waals surface area (Å²) in [6.45, 7) is 5.43. The Morgan fingerprint density at radius 2 is 2.05 bits per heavy atom. The Hall–Kier alpha value is -1.71. The molecule has 0 bridgehead atoms. The predicted octanol–water partition coefficient (Wildman–Crippen LogP) is 2.01. The highest BCUT2D eigenvalue weighted by atomic mass is 16.6. The number of ether oxygens (including phenoxy) is 2. The summed E-state index contributed by atoms with van der Waals surface area (Å²) in [6.07, 6.45) is 1.46. The van der Waals surface area contributed by atoms with Gasteiger partial charge in [-0.1, -0.05) is 19.9 Å². The molecular weight excluding hydrogens is 242 g/mol. The molecule has 1 aromatic carbocycles. The van der Waals surface area contributed by atoms with Crippen LogP contribution >= 0.6 is 0 Å². The molecule has 0 aromatic heterocycles. The minimum absolute atomic E-state index is 0.129. The molecule has 4 heteroatoms. The van der Waals surface area contributed by atoms with E-state index in [4.69, 9.17) is 9.47 Å². The molecule has 102 valence electrons. The Morgan fingerprint density at radius 1 is 1.32 bits per heavy atom. The Labute approximate surface area is 113 Å². The van der Waals surface area contributed by atoms with E-state index in [2.05, 4.69) is 25.2 Å². The molecular formula is C15H19NO3. The SMILES string of the molecule is CCC1NC(=O)CC1(C)c1ccc2c(c1)OCCO2. The van der Waals surface area contributed by atoms with Crippen LogP contribution in [0.1, 0.15) is 32.3 Å². The largest absolute Gasteiger partial charge is 0.486 e. The van der Waals surface area contributed by atoms with Gasteiger partial charge in [-0.3, -0.25) is 4.79 Å². The lowest BCUT2D eigenvalue weighted by Crippen LogP contribution is -2.37. The maximum absolute atomic E-state index is 11.7. The molecule has 2 unspecified atom stereocenters. The molecule has 1 aromatic rings. The highest BCUT2D eigenvalue weighted by Crippen LogP contribution is 2.41. The molecule has 0 aliphatic carbocycles. The number of amides is 1. The molecule has 2 atom stereocenters. The fraction of sp³-hybridized carbons (Fsp3) is 0.533. The average Bonchev–Trinajstić information content (AvgIpc) is 2.74. The van der Waals surface area contributed by atoms with Gasteiger partial charge in [-0.2, -0.15) is 0 Å². The van der Waals surface area contributed by atoms with Gasteiger partial charge in [-0.15, -0.1) is 0 Å². The average molecular weight is 261 g/mol. The maximum atomic E-state index is 11.7. The van der Waals surface area contributed by atoms with Crippen molar-refractivity contribution in [3.05, 3.63) is 23.8 Å². The Morgan fingerprint density at radius 3 is 2.79 bits per heavy atom. The van der Waals surface area contributed by atoms with Gasteiger partial charge >= 0.3 is 0 Å². The third kappa shape index (κ3) is 1.95. The first-order valence-corrected chi connectivity index (χ1v) is 6.83. The Balaban J connectivity index is 1.99. The number of carbonyl (C=O) groups excluding carboxylic acids is 1. The lowest BCUT2D eigenvalue weighted by molar-refractivity contribution is -0.119. The van der Waals surface area contributed by atoms with Crippen molar-refractivity contribution in [1.29, 1.82) is 0 Å². The highest BCUT2D eigenvalue weighted by molar-refractivity contribution is 5.81. The number of rotatable bonds is 2. The van der Waals surface area contributed by atoms with Gasteiger partial charge in [0.1, 0.15) is 13.2 Å². The number of benzene rings is 1. The summed E-state index contributed by atoms with van der Waals surface area (Å²) in [5.41, 5.74) is 0.976. The molecule has 0 saturated carbocycles. The molecule has 4 nitrogen and oxygen atoms in total. The Kier molecular flexibility index (Phi) is 2.88. The van der Waals surface area contributed by atoms with Gasteiger partial charge in [-0.05, 0) is 24.1 Å². The second-order valence-corrected chi connectivity index (χ2v) is 5.48. The van der Waals surface area contributed by atoms with Gasteiger partial charge in [0.15, 0.2) is 11.5 Å². The van der Waals surface area contributed by atoms with Crippen molar-refractivity contribution >= 4 is 5.91 Å². The van der Waals surface area contributed by atoms with E-state index in [1.807, 2.05) is 12.1 Å². The fourth-order valence-electron chi connectivity index (χ4n) is 3.12. The zero-order chi connectivity index (χ0) is 13.5. The van der Waals surface area contributed by atoms with Crippen LogP contribution in [0.4, 0.5) is 0 Å². The molecule has 1 saturated heterocycles. The van der Waals surface area contributed by atoms with E-state index >= 15 is 0 Å². The zero-order valence-electron chi connectivity index (χ0n) is 11.4. The van der Waals surface area contributed by atoms with Crippen LogP contribution in [-0.2, 0) is 10.2 Å². The van der Waals surface area contributed by atoms with Crippen LogP contribution in [0.25, 0.3) is 0 Å². The minimum Gasteiger partial charge on any atom is -0.486 e. The van der Waals surface area contributed by atoms with Crippen molar-refractivity contribution in [2.45, 2.75) is 38.1 Å². The molecule has 0 spiro atoms. The molecule has 1 N–H and O–H groups in total. The first kappa shape index (κ1) is 12.3. The highest BCUT2D eigenvalue weighted by Gasteiger charge is 2.43. The predicted molar refractivity (Wildman–Crippen MR) is 71.6 cm³/mol. The van der Waals surface area contributed by atoms with E-state index in [0.29, 0.717) is 19.6 Å². The number of nitrogens with one attached hydrogen (secondary N) is 1. The quantitative estimate of drug-likeness (QED) is 0.886. The molecule has 0 radical (unpaired) electrons.